The SMILES string of the molecule is CCOc1ccc(Nc2ccc(OCCN3CCN(C)CC3)cc2)cc1. The van der Waals surface area contributed by atoms with Crippen LogP contribution in [0.2, 0.25) is 0 Å². The number of likely N-dealkylation sites (N-methyl/N-ethyl adjacent to an activating group) is 1. The van der Waals surface area contributed by atoms with Crippen molar-refractivity contribution in [2.45, 2.75) is 6.92 Å². The van der Waals surface area contributed by atoms with Crippen molar-refractivity contribution in [2.75, 3.05) is 58.3 Å². The zero-order valence-corrected chi connectivity index (χ0v) is 15.8. The number of nitrogens with zero attached hydrogens (tertiary/aromatic N) is 2. The number of anilines is 2. The molecule has 0 bridgehead atoms. The number of rotatable bonds is 8. The molecule has 0 unspecified atom stereocenters. The van der Waals surface area contributed by atoms with Gasteiger partial charge in [-0.25, -0.2) is 0 Å². The summed E-state index contributed by atoms with van der Waals surface area (Å²) >= 11 is 0. The monoisotopic (exact) mass is 355 g/mol. The quantitative estimate of drug-likeness (QED) is 0.785. The van der Waals surface area contributed by atoms with E-state index in [1.807, 2.05) is 55.5 Å². The van der Waals surface area contributed by atoms with E-state index in [2.05, 4.69) is 22.2 Å². The third kappa shape index (κ3) is 5.64. The van der Waals surface area contributed by atoms with Gasteiger partial charge >= 0.3 is 0 Å². The molecule has 0 amide bonds. The zero-order chi connectivity index (χ0) is 18.2. The van der Waals surface area contributed by atoms with Crippen LogP contribution < -0.4 is 14.8 Å². The highest BCUT2D eigenvalue weighted by Gasteiger charge is 2.13. The van der Waals surface area contributed by atoms with Crippen molar-refractivity contribution in [3.8, 4) is 11.5 Å². The third-order valence-corrected chi connectivity index (χ3v) is 4.58. The van der Waals surface area contributed by atoms with Gasteiger partial charge in [0.25, 0.3) is 0 Å². The molecule has 0 aliphatic carbocycles. The smallest absolute Gasteiger partial charge is 0.119 e. The molecule has 26 heavy (non-hydrogen) atoms. The van der Waals surface area contributed by atoms with Crippen molar-refractivity contribution in [2.24, 2.45) is 0 Å². The molecule has 1 saturated heterocycles. The normalized spacial score (nSPS) is 15.6. The average Bonchev–Trinajstić information content (AvgIpc) is 2.67. The number of hydrogen-bond acceptors (Lipinski definition) is 5. The molecule has 1 heterocycles. The lowest BCUT2D eigenvalue weighted by molar-refractivity contribution is 0.134. The summed E-state index contributed by atoms with van der Waals surface area (Å²) in [6.45, 7) is 8.94. The number of nitrogens with one attached hydrogen (secondary N) is 1. The number of hydrogen-bond donors (Lipinski definition) is 1. The highest BCUT2D eigenvalue weighted by molar-refractivity contribution is 5.60. The van der Waals surface area contributed by atoms with Crippen LogP contribution in [0, 0.1) is 0 Å². The molecular weight excluding hydrogens is 326 g/mol. The largest absolute Gasteiger partial charge is 0.494 e. The molecule has 0 radical (unpaired) electrons. The minimum atomic E-state index is 0.684. The van der Waals surface area contributed by atoms with Crippen LogP contribution in [0.3, 0.4) is 0 Å². The molecule has 5 nitrogen and oxygen atoms in total. The van der Waals surface area contributed by atoms with Gasteiger partial charge in [-0.1, -0.05) is 0 Å². The molecule has 1 fully saturated rings. The van der Waals surface area contributed by atoms with Crippen molar-refractivity contribution in [1.82, 2.24) is 9.80 Å². The maximum absolute atomic E-state index is 5.88. The second kappa shape index (κ2) is 9.46. The molecule has 140 valence electrons. The van der Waals surface area contributed by atoms with E-state index in [1.165, 1.54) is 0 Å². The maximum Gasteiger partial charge on any atom is 0.119 e. The Morgan fingerprint density at radius 1 is 0.808 bits per heavy atom. The topological polar surface area (TPSA) is 37.0 Å². The maximum atomic E-state index is 5.88. The Labute approximate surface area is 156 Å². The lowest BCUT2D eigenvalue weighted by atomic mass is 10.2. The highest BCUT2D eigenvalue weighted by atomic mass is 16.5. The van der Waals surface area contributed by atoms with Crippen molar-refractivity contribution in [1.29, 1.82) is 0 Å². The zero-order valence-electron chi connectivity index (χ0n) is 15.8. The molecule has 2 aromatic rings. The van der Waals surface area contributed by atoms with Gasteiger partial charge in [0.1, 0.15) is 18.1 Å². The van der Waals surface area contributed by atoms with Crippen LogP contribution in [0.15, 0.2) is 48.5 Å². The predicted molar refractivity (Wildman–Crippen MR) is 107 cm³/mol. The highest BCUT2D eigenvalue weighted by Crippen LogP contribution is 2.22. The summed E-state index contributed by atoms with van der Waals surface area (Å²) in [6.07, 6.45) is 0. The third-order valence-electron chi connectivity index (χ3n) is 4.58. The summed E-state index contributed by atoms with van der Waals surface area (Å²) in [6, 6.07) is 16.1. The molecule has 1 aliphatic heterocycles. The van der Waals surface area contributed by atoms with Crippen molar-refractivity contribution in [3.63, 3.8) is 0 Å². The first kappa shape index (κ1) is 18.5. The van der Waals surface area contributed by atoms with Crippen LogP contribution in [-0.4, -0.2) is 62.8 Å². The van der Waals surface area contributed by atoms with E-state index in [1.54, 1.807) is 0 Å². The Bertz CT molecular complexity index is 650. The van der Waals surface area contributed by atoms with Gasteiger partial charge < -0.3 is 19.7 Å². The van der Waals surface area contributed by atoms with E-state index in [9.17, 15) is 0 Å². The first-order valence-electron chi connectivity index (χ1n) is 9.36. The Balaban J connectivity index is 1.43. The fourth-order valence-corrected chi connectivity index (χ4v) is 2.97. The first-order chi connectivity index (χ1) is 12.7. The van der Waals surface area contributed by atoms with E-state index >= 15 is 0 Å². The van der Waals surface area contributed by atoms with Gasteiger partial charge in [-0.2, -0.15) is 0 Å². The van der Waals surface area contributed by atoms with E-state index in [4.69, 9.17) is 9.47 Å². The van der Waals surface area contributed by atoms with Crippen molar-refractivity contribution in [3.05, 3.63) is 48.5 Å². The molecule has 0 aromatic heterocycles. The molecule has 5 heteroatoms. The van der Waals surface area contributed by atoms with E-state index < -0.39 is 0 Å². The van der Waals surface area contributed by atoms with Crippen molar-refractivity contribution >= 4 is 11.4 Å². The van der Waals surface area contributed by atoms with Gasteiger partial charge in [0.15, 0.2) is 0 Å². The van der Waals surface area contributed by atoms with Crippen LogP contribution in [0.1, 0.15) is 6.92 Å². The summed E-state index contributed by atoms with van der Waals surface area (Å²) in [5, 5.41) is 3.39. The molecule has 0 atom stereocenters. The number of ether oxygens (including phenoxy) is 2. The van der Waals surface area contributed by atoms with Gasteiger partial charge in [0.05, 0.1) is 6.61 Å². The molecule has 0 spiro atoms. The Kier molecular flexibility index (Phi) is 6.75. The van der Waals surface area contributed by atoms with Gasteiger partial charge in [-0.3, -0.25) is 4.90 Å². The van der Waals surface area contributed by atoms with Crippen molar-refractivity contribution < 1.29 is 9.47 Å². The molecule has 3 rings (SSSR count). The Morgan fingerprint density at radius 2 is 1.35 bits per heavy atom. The lowest BCUT2D eigenvalue weighted by Gasteiger charge is -2.32. The van der Waals surface area contributed by atoms with E-state index in [0.29, 0.717) is 6.61 Å². The van der Waals surface area contributed by atoms with Crippen LogP contribution in [0.25, 0.3) is 0 Å². The lowest BCUT2D eigenvalue weighted by Crippen LogP contribution is -2.45. The standard InChI is InChI=1S/C21H29N3O2/c1-3-25-20-8-4-18(5-9-20)22-19-6-10-21(11-7-19)26-17-16-24-14-12-23(2)13-15-24/h4-11,22H,3,12-17H2,1-2H3. The molecule has 1 aliphatic rings. The Hall–Kier alpha value is -2.24. The molecule has 1 N–H and O–H groups in total. The summed E-state index contributed by atoms with van der Waals surface area (Å²) in [7, 11) is 2.18. The summed E-state index contributed by atoms with van der Waals surface area (Å²) in [5.41, 5.74) is 2.08. The number of piperazine rings is 1. The van der Waals surface area contributed by atoms with Crippen LogP contribution in [0.5, 0.6) is 11.5 Å². The van der Waals surface area contributed by atoms with Crippen LogP contribution in [0.4, 0.5) is 11.4 Å². The second-order valence-corrected chi connectivity index (χ2v) is 6.60. The predicted octanol–water partition coefficient (Wildman–Crippen LogP) is 3.46. The first-order valence-corrected chi connectivity index (χ1v) is 9.36. The second-order valence-electron chi connectivity index (χ2n) is 6.60. The average molecular weight is 355 g/mol. The van der Waals surface area contributed by atoms with Gasteiger partial charge in [-0.05, 0) is 62.5 Å². The molecular formula is C21H29N3O2. The fourth-order valence-electron chi connectivity index (χ4n) is 2.97. The molecule has 0 saturated carbocycles. The Morgan fingerprint density at radius 3 is 1.88 bits per heavy atom. The summed E-state index contributed by atoms with van der Waals surface area (Å²) < 4.78 is 11.3. The van der Waals surface area contributed by atoms with E-state index in [0.717, 1.165) is 62.2 Å². The molecule has 2 aromatic carbocycles. The fraction of sp³-hybridized carbons (Fsp3) is 0.429. The minimum Gasteiger partial charge on any atom is -0.494 e. The van der Waals surface area contributed by atoms with Gasteiger partial charge in [-0.15, -0.1) is 0 Å². The van der Waals surface area contributed by atoms with Crippen LogP contribution >= 0.6 is 0 Å². The van der Waals surface area contributed by atoms with Crippen LogP contribution in [-0.2, 0) is 0 Å². The van der Waals surface area contributed by atoms with Gasteiger partial charge in [0.2, 0.25) is 0 Å². The summed E-state index contributed by atoms with van der Waals surface area (Å²) in [5.74, 6) is 1.80. The minimum absolute atomic E-state index is 0.684. The van der Waals surface area contributed by atoms with Gasteiger partial charge in [0, 0.05) is 44.1 Å². The number of benzene rings is 2. The van der Waals surface area contributed by atoms with E-state index in [-0.39, 0.29) is 0 Å². The summed E-state index contributed by atoms with van der Waals surface area (Å²) in [4.78, 5) is 4.83.